The van der Waals surface area contributed by atoms with Gasteiger partial charge in [-0.15, -0.1) is 0 Å². The highest BCUT2D eigenvalue weighted by molar-refractivity contribution is 4.50. The van der Waals surface area contributed by atoms with E-state index >= 15 is 0 Å². The van der Waals surface area contributed by atoms with E-state index in [9.17, 15) is 0 Å². The van der Waals surface area contributed by atoms with Gasteiger partial charge in [0.15, 0.2) is 0 Å². The van der Waals surface area contributed by atoms with E-state index in [1.54, 1.807) is 0 Å². The molecule has 0 bridgehead atoms. The second-order valence-electron chi connectivity index (χ2n) is 4.75. The van der Waals surface area contributed by atoms with Gasteiger partial charge in [-0.05, 0) is 13.5 Å². The minimum absolute atomic E-state index is 0. The lowest BCUT2D eigenvalue weighted by atomic mass is 10.3. The Morgan fingerprint density at radius 2 is 1.57 bits per heavy atom. The molecule has 0 radical (unpaired) electrons. The molecule has 0 aromatic heterocycles. The van der Waals surface area contributed by atoms with Crippen LogP contribution in [0.25, 0.3) is 0 Å². The Labute approximate surface area is 99.1 Å². The topological polar surface area (TPSA) is 23.5 Å². The second kappa shape index (κ2) is 8.65. The summed E-state index contributed by atoms with van der Waals surface area (Å²) in [5.41, 5.74) is 0. The van der Waals surface area contributed by atoms with Crippen LogP contribution in [0.15, 0.2) is 0 Å². The van der Waals surface area contributed by atoms with Crippen LogP contribution in [0.3, 0.4) is 0 Å². The molecular weight excluding hydrogens is 244 g/mol. The van der Waals surface area contributed by atoms with Crippen molar-refractivity contribution in [3.8, 4) is 0 Å². The minimum Gasteiger partial charge on any atom is -1.00 e. The molecule has 0 amide bonds. The summed E-state index contributed by atoms with van der Waals surface area (Å²) in [6.45, 7) is 3.66. The van der Waals surface area contributed by atoms with Crippen molar-refractivity contribution in [1.29, 1.82) is 0 Å². The van der Waals surface area contributed by atoms with E-state index in [1.165, 1.54) is 13.0 Å². The number of halogens is 1. The largest absolute Gasteiger partial charge is 1.00 e. The fraction of sp³-hybridized carbons (Fsp3) is 1.00. The van der Waals surface area contributed by atoms with Gasteiger partial charge in [-0.3, -0.25) is 0 Å². The number of nitrogens with zero attached hydrogens (tertiary/aromatic N) is 2. The van der Waals surface area contributed by atoms with Gasteiger partial charge in [0.05, 0.1) is 27.7 Å². The van der Waals surface area contributed by atoms with Crippen molar-refractivity contribution in [2.75, 3.05) is 54.4 Å². The first-order valence-corrected chi connectivity index (χ1v) is 5.05. The fourth-order valence-corrected chi connectivity index (χ4v) is 1.27. The summed E-state index contributed by atoms with van der Waals surface area (Å²) in [7, 11) is 8.76. The zero-order chi connectivity index (χ0) is 10.3. The molecule has 0 saturated heterocycles. The van der Waals surface area contributed by atoms with E-state index in [0.717, 1.165) is 24.0 Å². The average molecular weight is 269 g/mol. The van der Waals surface area contributed by atoms with E-state index in [4.69, 9.17) is 5.11 Å². The molecule has 0 saturated carbocycles. The minimum atomic E-state index is 0. The average Bonchev–Trinajstić information content (AvgIpc) is 1.98. The van der Waals surface area contributed by atoms with Gasteiger partial charge in [0, 0.05) is 26.1 Å². The van der Waals surface area contributed by atoms with Gasteiger partial charge in [0.1, 0.15) is 0 Å². The summed E-state index contributed by atoms with van der Waals surface area (Å²) in [5.74, 6) is 0. The molecule has 14 heavy (non-hydrogen) atoms. The Balaban J connectivity index is 0. The van der Waals surface area contributed by atoms with Crippen LogP contribution in [0.4, 0.5) is 0 Å². The van der Waals surface area contributed by atoms with Gasteiger partial charge in [-0.2, -0.15) is 0 Å². The number of rotatable bonds is 7. The molecule has 0 rings (SSSR count). The zero-order valence-corrected chi connectivity index (χ0v) is 11.5. The van der Waals surface area contributed by atoms with Gasteiger partial charge >= 0.3 is 0 Å². The monoisotopic (exact) mass is 268 g/mol. The number of hydrogen-bond acceptors (Lipinski definition) is 2. The maximum atomic E-state index is 8.64. The van der Waals surface area contributed by atoms with Crippen LogP contribution in [0.2, 0.25) is 0 Å². The standard InChI is InChI=1S/C10H25N2O.BrH/c1-11(8-6-10-13)7-5-9-12(2,3)4;/h13H,5-10H2,1-4H3;1H/q+1;/p-1. The van der Waals surface area contributed by atoms with E-state index in [0.29, 0.717) is 6.61 Å². The SMILES string of the molecule is CN(CCCO)CCC[N+](C)(C)C.[Br-]. The Kier molecular flexibility index (Phi) is 10.4. The first-order chi connectivity index (χ1) is 5.95. The summed E-state index contributed by atoms with van der Waals surface area (Å²) < 4.78 is 1.04. The molecule has 3 nitrogen and oxygen atoms in total. The van der Waals surface area contributed by atoms with Gasteiger partial charge in [0.2, 0.25) is 0 Å². The maximum absolute atomic E-state index is 8.64. The third-order valence-electron chi connectivity index (χ3n) is 2.07. The molecule has 0 aromatic carbocycles. The van der Waals surface area contributed by atoms with E-state index in [-0.39, 0.29) is 17.0 Å². The molecule has 4 heteroatoms. The van der Waals surface area contributed by atoms with Crippen molar-refractivity contribution in [1.82, 2.24) is 4.90 Å². The molecule has 0 heterocycles. The quantitative estimate of drug-likeness (QED) is 0.512. The predicted octanol–water partition coefficient (Wildman–Crippen LogP) is -2.60. The van der Waals surface area contributed by atoms with Crippen molar-refractivity contribution >= 4 is 0 Å². The van der Waals surface area contributed by atoms with Crippen molar-refractivity contribution in [2.45, 2.75) is 12.8 Å². The van der Waals surface area contributed by atoms with Crippen molar-refractivity contribution < 1.29 is 26.6 Å². The van der Waals surface area contributed by atoms with Crippen molar-refractivity contribution in [3.63, 3.8) is 0 Å². The summed E-state index contributed by atoms with van der Waals surface area (Å²) in [6, 6.07) is 0. The predicted molar refractivity (Wildman–Crippen MR) is 56.7 cm³/mol. The van der Waals surface area contributed by atoms with Crippen LogP contribution < -0.4 is 17.0 Å². The van der Waals surface area contributed by atoms with Crippen LogP contribution in [0, 0.1) is 0 Å². The van der Waals surface area contributed by atoms with Gasteiger partial charge in [-0.25, -0.2) is 0 Å². The summed E-state index contributed by atoms with van der Waals surface area (Å²) in [4.78, 5) is 2.28. The lowest BCUT2D eigenvalue weighted by Crippen LogP contribution is -3.00. The highest BCUT2D eigenvalue weighted by Crippen LogP contribution is 1.96. The smallest absolute Gasteiger partial charge is 0.0792 e. The second-order valence-corrected chi connectivity index (χ2v) is 4.75. The van der Waals surface area contributed by atoms with Crippen LogP contribution in [0.1, 0.15) is 12.8 Å². The van der Waals surface area contributed by atoms with Crippen LogP contribution >= 0.6 is 0 Å². The molecular formula is C10H25BrN2O. The first-order valence-electron chi connectivity index (χ1n) is 5.05. The number of aliphatic hydroxyl groups is 1. The van der Waals surface area contributed by atoms with Crippen molar-refractivity contribution in [3.05, 3.63) is 0 Å². The van der Waals surface area contributed by atoms with Gasteiger partial charge < -0.3 is 31.5 Å². The fourth-order valence-electron chi connectivity index (χ4n) is 1.27. The Hall–Kier alpha value is 0.360. The molecule has 1 N–H and O–H groups in total. The van der Waals surface area contributed by atoms with Crippen molar-refractivity contribution in [2.24, 2.45) is 0 Å². The van der Waals surface area contributed by atoms with Crippen LogP contribution in [-0.4, -0.2) is 68.9 Å². The Morgan fingerprint density at radius 3 is 2.00 bits per heavy atom. The Bertz CT molecular complexity index is 126. The third-order valence-corrected chi connectivity index (χ3v) is 2.07. The third kappa shape index (κ3) is 12.4. The first kappa shape index (κ1) is 16.8. The molecule has 0 aliphatic heterocycles. The van der Waals surface area contributed by atoms with E-state index < -0.39 is 0 Å². The summed E-state index contributed by atoms with van der Waals surface area (Å²) in [5, 5.41) is 8.64. The molecule has 0 unspecified atom stereocenters. The molecule has 0 atom stereocenters. The van der Waals surface area contributed by atoms with Gasteiger partial charge in [0.25, 0.3) is 0 Å². The van der Waals surface area contributed by atoms with E-state index in [2.05, 4.69) is 33.1 Å². The molecule has 88 valence electrons. The molecule has 0 spiro atoms. The number of aliphatic hydroxyl groups excluding tert-OH is 1. The zero-order valence-electron chi connectivity index (χ0n) is 9.96. The van der Waals surface area contributed by atoms with Crippen LogP contribution in [0.5, 0.6) is 0 Å². The maximum Gasteiger partial charge on any atom is 0.0792 e. The number of hydrogen-bond donors (Lipinski definition) is 1. The summed E-state index contributed by atoms with van der Waals surface area (Å²) >= 11 is 0. The highest BCUT2D eigenvalue weighted by atomic mass is 79.9. The molecule has 0 aliphatic rings. The molecule has 0 fully saturated rings. The summed E-state index contributed by atoms with van der Waals surface area (Å²) in [6.07, 6.45) is 2.12. The van der Waals surface area contributed by atoms with Crippen LogP contribution in [-0.2, 0) is 0 Å². The number of quaternary nitrogens is 1. The Morgan fingerprint density at radius 1 is 1.07 bits per heavy atom. The molecule has 0 aromatic rings. The molecule has 0 aliphatic carbocycles. The normalized spacial score (nSPS) is 11.6. The lowest BCUT2D eigenvalue weighted by molar-refractivity contribution is -0.870. The lowest BCUT2D eigenvalue weighted by Gasteiger charge is -2.25. The highest BCUT2D eigenvalue weighted by Gasteiger charge is 2.06. The van der Waals surface area contributed by atoms with E-state index in [1.807, 2.05) is 0 Å². The van der Waals surface area contributed by atoms with Gasteiger partial charge in [-0.1, -0.05) is 0 Å².